The van der Waals surface area contributed by atoms with Gasteiger partial charge in [0.2, 0.25) is 5.91 Å². The number of likely N-dealkylation sites (tertiary alicyclic amines) is 1. The number of carbonyl (C=O) groups excluding carboxylic acids is 2. The first-order chi connectivity index (χ1) is 16.4. The summed E-state index contributed by atoms with van der Waals surface area (Å²) in [6.07, 6.45) is 1.53. The summed E-state index contributed by atoms with van der Waals surface area (Å²) in [5.74, 6) is -0.122. The highest BCUT2D eigenvalue weighted by Crippen LogP contribution is 2.25. The maximum Gasteiger partial charge on any atom is 0.251 e. The van der Waals surface area contributed by atoms with Gasteiger partial charge in [-0.3, -0.25) is 19.8 Å². The lowest BCUT2D eigenvalue weighted by atomic mass is 9.85. The molecule has 1 atom stereocenters. The number of aryl methyl sites for hydroxylation is 1. The zero-order chi connectivity index (χ0) is 24.1. The lowest BCUT2D eigenvalue weighted by molar-refractivity contribution is -0.131. The number of fused-ring (bicyclic) bond motifs is 1. The predicted octanol–water partition coefficient (Wildman–Crippen LogP) is 3.21. The van der Waals surface area contributed by atoms with Crippen LogP contribution in [0.15, 0.2) is 54.6 Å². The van der Waals surface area contributed by atoms with E-state index in [2.05, 4.69) is 15.2 Å². The van der Waals surface area contributed by atoms with Gasteiger partial charge < -0.3 is 15.0 Å². The minimum absolute atomic E-state index is 0.0140. The monoisotopic (exact) mass is 462 g/mol. The van der Waals surface area contributed by atoms with Gasteiger partial charge in [-0.15, -0.1) is 0 Å². The Hall–Kier alpha value is -3.49. The minimum atomic E-state index is -0.730. The van der Waals surface area contributed by atoms with Gasteiger partial charge in [-0.2, -0.15) is 0 Å². The molecule has 8 heteroatoms. The SMILES string of the molecule is Cc1cc(COc2ccc(C(=O)N[C@@]3(CC(=O)NO)CCCN(C)C3)cc2)c2ccccc2n1. The summed E-state index contributed by atoms with van der Waals surface area (Å²) in [7, 11) is 1.95. The molecule has 34 heavy (non-hydrogen) atoms. The van der Waals surface area contributed by atoms with E-state index in [1.54, 1.807) is 29.7 Å². The van der Waals surface area contributed by atoms with Crippen molar-refractivity contribution >= 4 is 22.7 Å². The fourth-order valence-electron chi connectivity index (χ4n) is 4.69. The van der Waals surface area contributed by atoms with Crippen LogP contribution in [-0.4, -0.2) is 52.6 Å². The van der Waals surface area contributed by atoms with E-state index in [0.717, 1.165) is 35.1 Å². The van der Waals surface area contributed by atoms with Crippen LogP contribution in [0.2, 0.25) is 0 Å². The first-order valence-electron chi connectivity index (χ1n) is 11.4. The number of nitrogens with one attached hydrogen (secondary N) is 2. The summed E-state index contributed by atoms with van der Waals surface area (Å²) in [4.78, 5) is 31.5. The Morgan fingerprint density at radius 2 is 1.94 bits per heavy atom. The van der Waals surface area contributed by atoms with Crippen LogP contribution in [0, 0.1) is 6.92 Å². The van der Waals surface area contributed by atoms with Crippen molar-refractivity contribution in [2.45, 2.75) is 38.3 Å². The number of hydroxylamine groups is 1. The van der Waals surface area contributed by atoms with Crippen molar-refractivity contribution in [1.29, 1.82) is 0 Å². The van der Waals surface area contributed by atoms with Crippen LogP contribution in [0.3, 0.4) is 0 Å². The second kappa shape index (κ2) is 10.2. The van der Waals surface area contributed by atoms with Crippen LogP contribution < -0.4 is 15.5 Å². The Balaban J connectivity index is 1.44. The number of pyridine rings is 1. The maximum absolute atomic E-state index is 13.0. The van der Waals surface area contributed by atoms with Crippen LogP contribution >= 0.6 is 0 Å². The zero-order valence-electron chi connectivity index (χ0n) is 19.5. The van der Waals surface area contributed by atoms with Gasteiger partial charge in [0.05, 0.1) is 17.5 Å². The Morgan fingerprint density at radius 1 is 1.18 bits per heavy atom. The van der Waals surface area contributed by atoms with Crippen LogP contribution in [0.5, 0.6) is 5.75 Å². The number of hydrogen-bond acceptors (Lipinski definition) is 6. The standard InChI is InChI=1S/C26H30N4O4/c1-18-14-20(22-6-3-4-7-23(22)27-18)16-34-21-10-8-19(9-11-21)25(32)28-26(15-24(31)29-33)12-5-13-30(2)17-26/h3-4,6-11,14,33H,5,12-13,15-17H2,1-2H3,(H,28,32)(H,29,31)/t26-/m1/s1. The molecule has 1 fully saturated rings. The quantitative estimate of drug-likeness (QED) is 0.368. The molecule has 8 nitrogen and oxygen atoms in total. The van der Waals surface area contributed by atoms with Crippen molar-refractivity contribution in [2.24, 2.45) is 0 Å². The summed E-state index contributed by atoms with van der Waals surface area (Å²) in [5.41, 5.74) is 4.36. The smallest absolute Gasteiger partial charge is 0.251 e. The van der Waals surface area contributed by atoms with E-state index in [4.69, 9.17) is 9.94 Å². The van der Waals surface area contributed by atoms with Crippen LogP contribution in [0.1, 0.15) is 40.9 Å². The first-order valence-corrected chi connectivity index (χ1v) is 11.4. The van der Waals surface area contributed by atoms with Gasteiger partial charge in [-0.05, 0) is 69.8 Å². The molecule has 0 radical (unpaired) electrons. The van der Waals surface area contributed by atoms with E-state index in [1.807, 2.05) is 44.3 Å². The summed E-state index contributed by atoms with van der Waals surface area (Å²) >= 11 is 0. The molecule has 2 amide bonds. The Kier molecular flexibility index (Phi) is 7.09. The Labute approximate surface area is 198 Å². The summed E-state index contributed by atoms with van der Waals surface area (Å²) in [6, 6.07) is 17.0. The number of benzene rings is 2. The molecule has 178 valence electrons. The molecule has 2 aromatic carbocycles. The van der Waals surface area contributed by atoms with E-state index in [1.165, 1.54) is 0 Å². The van der Waals surface area contributed by atoms with E-state index in [-0.39, 0.29) is 12.3 Å². The zero-order valence-corrected chi connectivity index (χ0v) is 19.5. The van der Waals surface area contributed by atoms with Gasteiger partial charge in [0.15, 0.2) is 0 Å². The Morgan fingerprint density at radius 3 is 2.68 bits per heavy atom. The predicted molar refractivity (Wildman–Crippen MR) is 129 cm³/mol. The number of piperidine rings is 1. The largest absolute Gasteiger partial charge is 0.489 e. The third-order valence-corrected chi connectivity index (χ3v) is 6.21. The van der Waals surface area contributed by atoms with Crippen LogP contribution in [0.25, 0.3) is 10.9 Å². The topological polar surface area (TPSA) is 104 Å². The molecule has 1 saturated heterocycles. The molecule has 3 N–H and O–H groups in total. The normalized spacial score (nSPS) is 18.4. The number of para-hydroxylation sites is 1. The van der Waals surface area contributed by atoms with Gasteiger partial charge >= 0.3 is 0 Å². The fourth-order valence-corrected chi connectivity index (χ4v) is 4.69. The third kappa shape index (κ3) is 5.52. The van der Waals surface area contributed by atoms with Gasteiger partial charge in [0.25, 0.3) is 5.91 Å². The highest BCUT2D eigenvalue weighted by Gasteiger charge is 2.38. The van der Waals surface area contributed by atoms with Crippen molar-refractivity contribution in [3.8, 4) is 5.75 Å². The second-order valence-corrected chi connectivity index (χ2v) is 9.04. The van der Waals surface area contributed by atoms with Gasteiger partial charge in [-0.25, -0.2) is 5.48 Å². The number of rotatable bonds is 7. The summed E-state index contributed by atoms with van der Waals surface area (Å²) in [6.45, 7) is 3.79. The molecule has 0 unspecified atom stereocenters. The van der Waals surface area contributed by atoms with E-state index in [0.29, 0.717) is 30.9 Å². The molecule has 2 heterocycles. The number of carbonyl (C=O) groups is 2. The molecule has 0 spiro atoms. The van der Waals surface area contributed by atoms with Gasteiger partial charge in [0.1, 0.15) is 12.4 Å². The lowest BCUT2D eigenvalue weighted by Gasteiger charge is -2.41. The van der Waals surface area contributed by atoms with Crippen molar-refractivity contribution < 1.29 is 19.5 Å². The number of nitrogens with zero attached hydrogens (tertiary/aromatic N) is 2. The average molecular weight is 463 g/mol. The summed E-state index contributed by atoms with van der Waals surface area (Å²) < 4.78 is 5.99. The number of hydrogen-bond donors (Lipinski definition) is 3. The molecule has 4 rings (SSSR count). The number of aromatic nitrogens is 1. The second-order valence-electron chi connectivity index (χ2n) is 9.04. The highest BCUT2D eigenvalue weighted by molar-refractivity contribution is 5.95. The molecular weight excluding hydrogens is 432 g/mol. The molecule has 1 aliphatic heterocycles. The summed E-state index contributed by atoms with van der Waals surface area (Å²) in [5, 5.41) is 13.1. The van der Waals surface area contributed by atoms with Crippen molar-refractivity contribution in [1.82, 2.24) is 20.7 Å². The highest BCUT2D eigenvalue weighted by atomic mass is 16.5. The van der Waals surface area contributed by atoms with Crippen LogP contribution in [-0.2, 0) is 11.4 Å². The van der Waals surface area contributed by atoms with Gasteiger partial charge in [0, 0.05) is 28.8 Å². The average Bonchev–Trinajstić information content (AvgIpc) is 2.82. The first kappa shape index (κ1) is 23.7. The van der Waals surface area contributed by atoms with Crippen molar-refractivity contribution in [3.63, 3.8) is 0 Å². The van der Waals surface area contributed by atoms with Crippen LogP contribution in [0.4, 0.5) is 0 Å². The molecule has 0 bridgehead atoms. The molecular formula is C26H30N4O4. The van der Waals surface area contributed by atoms with E-state index < -0.39 is 11.4 Å². The lowest BCUT2D eigenvalue weighted by Crippen LogP contribution is -2.59. The third-order valence-electron chi connectivity index (χ3n) is 6.21. The van der Waals surface area contributed by atoms with Crippen molar-refractivity contribution in [3.05, 3.63) is 71.4 Å². The molecule has 0 aliphatic carbocycles. The Bertz CT molecular complexity index is 1180. The van der Waals surface area contributed by atoms with E-state index >= 15 is 0 Å². The molecule has 0 saturated carbocycles. The maximum atomic E-state index is 13.0. The van der Waals surface area contributed by atoms with Gasteiger partial charge in [-0.1, -0.05) is 18.2 Å². The number of likely N-dealkylation sites (N-methyl/N-ethyl adjacent to an activating group) is 1. The van der Waals surface area contributed by atoms with E-state index in [9.17, 15) is 9.59 Å². The molecule has 1 aromatic heterocycles. The van der Waals surface area contributed by atoms with Crippen molar-refractivity contribution in [2.75, 3.05) is 20.1 Å². The molecule has 1 aliphatic rings. The fraction of sp³-hybridized carbons (Fsp3) is 0.346. The number of ether oxygens (including phenoxy) is 1. The minimum Gasteiger partial charge on any atom is -0.489 e. The molecule has 3 aromatic rings. The number of amides is 2.